The van der Waals surface area contributed by atoms with Crippen molar-refractivity contribution >= 4 is 15.7 Å². The summed E-state index contributed by atoms with van der Waals surface area (Å²) in [6, 6.07) is 1.67. The number of benzene rings is 1. The van der Waals surface area contributed by atoms with Crippen LogP contribution in [0.3, 0.4) is 0 Å². The third-order valence-corrected chi connectivity index (χ3v) is 4.67. The average molecular weight is 290 g/mol. The first-order chi connectivity index (χ1) is 8.69. The molecule has 0 spiro atoms. The van der Waals surface area contributed by atoms with Gasteiger partial charge >= 0.3 is 0 Å². The van der Waals surface area contributed by atoms with Crippen LogP contribution in [0, 0.1) is 18.7 Å². The molecule has 0 aliphatic heterocycles. The Morgan fingerprint density at radius 2 is 2.00 bits per heavy atom. The lowest BCUT2D eigenvalue weighted by molar-refractivity contribution is 0.216. The van der Waals surface area contributed by atoms with E-state index in [1.807, 2.05) is 0 Å². The molecule has 0 saturated heterocycles. The van der Waals surface area contributed by atoms with Crippen molar-refractivity contribution in [3.05, 3.63) is 23.5 Å². The van der Waals surface area contributed by atoms with Crippen molar-refractivity contribution in [3.63, 3.8) is 0 Å². The van der Waals surface area contributed by atoms with Crippen LogP contribution in [0.4, 0.5) is 10.1 Å². The number of anilines is 1. The largest absolute Gasteiger partial charge is 0.398 e. The predicted molar refractivity (Wildman–Crippen MR) is 71.6 cm³/mol. The average Bonchev–Trinajstić information content (AvgIpc) is 2.31. The Bertz CT molecular complexity index is 560. The van der Waals surface area contributed by atoms with Gasteiger partial charge in [-0.3, -0.25) is 0 Å². The second-order valence-corrected chi connectivity index (χ2v) is 6.39. The molecule has 4 N–H and O–H groups in total. The van der Waals surface area contributed by atoms with E-state index in [1.54, 1.807) is 20.8 Å². The van der Waals surface area contributed by atoms with Crippen molar-refractivity contribution in [2.45, 2.75) is 31.7 Å². The minimum absolute atomic E-state index is 0.164. The summed E-state index contributed by atoms with van der Waals surface area (Å²) in [5, 5.41) is 8.98. The molecule has 0 heterocycles. The van der Waals surface area contributed by atoms with E-state index in [1.165, 1.54) is 0 Å². The van der Waals surface area contributed by atoms with Crippen LogP contribution < -0.4 is 10.5 Å². The van der Waals surface area contributed by atoms with Crippen LogP contribution in [0.25, 0.3) is 0 Å². The van der Waals surface area contributed by atoms with E-state index in [0.29, 0.717) is 5.56 Å². The molecule has 0 amide bonds. The Morgan fingerprint density at radius 3 is 2.53 bits per heavy atom. The molecule has 7 heteroatoms. The lowest BCUT2D eigenvalue weighted by Gasteiger charge is -2.19. The zero-order valence-corrected chi connectivity index (χ0v) is 12.0. The molecular weight excluding hydrogens is 271 g/mol. The first-order valence-corrected chi connectivity index (χ1v) is 7.36. The van der Waals surface area contributed by atoms with Crippen molar-refractivity contribution in [3.8, 4) is 0 Å². The Balaban J connectivity index is 3.11. The molecule has 0 saturated carbocycles. The number of nitrogens with one attached hydrogen (secondary N) is 1. The zero-order valence-electron chi connectivity index (χ0n) is 11.1. The monoisotopic (exact) mass is 290 g/mol. The Kier molecular flexibility index (Phi) is 4.89. The summed E-state index contributed by atoms with van der Waals surface area (Å²) in [4.78, 5) is -0.479. The summed E-state index contributed by atoms with van der Waals surface area (Å²) in [6.07, 6.45) is 0. The highest BCUT2D eigenvalue weighted by Crippen LogP contribution is 2.22. The van der Waals surface area contributed by atoms with E-state index >= 15 is 0 Å². The molecule has 0 radical (unpaired) electrons. The molecule has 1 rings (SSSR count). The quantitative estimate of drug-likeness (QED) is 0.706. The lowest BCUT2D eigenvalue weighted by atomic mass is 10.1. The lowest BCUT2D eigenvalue weighted by Crippen LogP contribution is -2.38. The van der Waals surface area contributed by atoms with Gasteiger partial charge in [-0.2, -0.15) is 0 Å². The van der Waals surface area contributed by atoms with Gasteiger partial charge in [0.1, 0.15) is 10.7 Å². The van der Waals surface area contributed by atoms with Crippen molar-refractivity contribution < 1.29 is 17.9 Å². The minimum Gasteiger partial charge on any atom is -0.398 e. The molecule has 0 fully saturated rings. The maximum atomic E-state index is 13.7. The smallest absolute Gasteiger partial charge is 0.243 e. The van der Waals surface area contributed by atoms with Crippen molar-refractivity contribution in [1.82, 2.24) is 4.72 Å². The number of aliphatic hydroxyl groups excluding tert-OH is 1. The molecule has 0 bridgehead atoms. The van der Waals surface area contributed by atoms with Gasteiger partial charge in [-0.05, 0) is 37.5 Å². The summed E-state index contributed by atoms with van der Waals surface area (Å²) < 4.78 is 40.2. The van der Waals surface area contributed by atoms with Crippen LogP contribution in [-0.2, 0) is 10.0 Å². The number of rotatable bonds is 5. The molecule has 2 atom stereocenters. The third-order valence-electron chi connectivity index (χ3n) is 3.09. The second-order valence-electron chi connectivity index (χ2n) is 4.71. The topological polar surface area (TPSA) is 92.4 Å². The number of nitrogens with two attached hydrogens (primary N) is 1. The summed E-state index contributed by atoms with van der Waals surface area (Å²) in [6.45, 7) is 4.72. The Morgan fingerprint density at radius 1 is 1.42 bits per heavy atom. The predicted octanol–water partition coefficient (Wildman–Crippen LogP) is 1.01. The fourth-order valence-corrected chi connectivity index (χ4v) is 2.90. The van der Waals surface area contributed by atoms with Crippen LogP contribution in [0.1, 0.15) is 19.4 Å². The highest BCUT2D eigenvalue weighted by atomic mass is 32.2. The molecule has 0 aliphatic carbocycles. The number of sulfonamides is 1. The minimum atomic E-state index is -4.00. The molecule has 5 nitrogen and oxygen atoms in total. The second kappa shape index (κ2) is 5.85. The zero-order chi connectivity index (χ0) is 14.8. The van der Waals surface area contributed by atoms with Gasteiger partial charge in [0, 0.05) is 18.3 Å². The van der Waals surface area contributed by atoms with Gasteiger partial charge in [0.15, 0.2) is 0 Å². The van der Waals surface area contributed by atoms with Gasteiger partial charge in [0.25, 0.3) is 0 Å². The van der Waals surface area contributed by atoms with Gasteiger partial charge in [0.05, 0.1) is 0 Å². The number of aliphatic hydroxyl groups is 1. The molecule has 1 aromatic carbocycles. The number of aryl methyl sites for hydroxylation is 1. The third kappa shape index (κ3) is 3.65. The van der Waals surface area contributed by atoms with E-state index in [9.17, 15) is 12.8 Å². The van der Waals surface area contributed by atoms with Crippen molar-refractivity contribution in [2.24, 2.45) is 5.92 Å². The molecule has 0 aromatic heterocycles. The number of hydrogen-bond donors (Lipinski definition) is 3. The normalized spacial score (nSPS) is 15.2. The summed E-state index contributed by atoms with van der Waals surface area (Å²) in [5.41, 5.74) is 6.30. The highest BCUT2D eigenvalue weighted by Gasteiger charge is 2.24. The fourth-order valence-electron chi connectivity index (χ4n) is 1.46. The molecule has 19 heavy (non-hydrogen) atoms. The van der Waals surface area contributed by atoms with Crippen LogP contribution in [0.15, 0.2) is 17.0 Å². The maximum Gasteiger partial charge on any atom is 0.243 e. The van der Waals surface area contributed by atoms with E-state index in [0.717, 1.165) is 12.1 Å². The Labute approximate surface area is 112 Å². The van der Waals surface area contributed by atoms with Crippen LogP contribution in [0.2, 0.25) is 0 Å². The van der Waals surface area contributed by atoms with Crippen LogP contribution in [0.5, 0.6) is 0 Å². The SMILES string of the molecule is Cc1cc(F)c(S(=O)(=O)NC(C)C(C)CO)cc1N. The number of halogens is 1. The first kappa shape index (κ1) is 15.9. The molecule has 0 aliphatic rings. The van der Waals surface area contributed by atoms with E-state index in [-0.39, 0.29) is 18.2 Å². The Hall–Kier alpha value is -1.18. The van der Waals surface area contributed by atoms with Gasteiger partial charge in [-0.1, -0.05) is 6.92 Å². The van der Waals surface area contributed by atoms with Crippen LogP contribution in [-0.4, -0.2) is 26.2 Å². The molecule has 108 valence electrons. The van der Waals surface area contributed by atoms with E-state index in [4.69, 9.17) is 10.8 Å². The summed E-state index contributed by atoms with van der Waals surface area (Å²) in [7, 11) is -4.00. The first-order valence-electron chi connectivity index (χ1n) is 5.88. The van der Waals surface area contributed by atoms with Crippen molar-refractivity contribution in [2.75, 3.05) is 12.3 Å². The van der Waals surface area contributed by atoms with Gasteiger partial charge in [-0.25, -0.2) is 17.5 Å². The number of hydrogen-bond acceptors (Lipinski definition) is 4. The van der Waals surface area contributed by atoms with Crippen molar-refractivity contribution in [1.29, 1.82) is 0 Å². The summed E-state index contributed by atoms with van der Waals surface area (Å²) >= 11 is 0. The number of nitrogen functional groups attached to an aromatic ring is 1. The van der Waals surface area contributed by atoms with Gasteiger partial charge < -0.3 is 10.8 Å². The molecule has 2 unspecified atom stereocenters. The van der Waals surface area contributed by atoms with Crippen LogP contribution >= 0.6 is 0 Å². The van der Waals surface area contributed by atoms with E-state index < -0.39 is 26.8 Å². The van der Waals surface area contributed by atoms with Gasteiger partial charge in [-0.15, -0.1) is 0 Å². The molecule has 1 aromatic rings. The standard InChI is InChI=1S/C12H19FN2O3S/c1-7-4-10(13)12(5-11(7)14)19(17,18)15-9(3)8(2)6-16/h4-5,8-9,15-16H,6,14H2,1-3H3. The summed E-state index contributed by atoms with van der Waals surface area (Å²) in [5.74, 6) is -1.12. The van der Waals surface area contributed by atoms with Gasteiger partial charge in [0.2, 0.25) is 10.0 Å². The molecular formula is C12H19FN2O3S. The fraction of sp³-hybridized carbons (Fsp3) is 0.500. The maximum absolute atomic E-state index is 13.7. The van der Waals surface area contributed by atoms with E-state index in [2.05, 4.69) is 4.72 Å². The highest BCUT2D eigenvalue weighted by molar-refractivity contribution is 7.89.